The van der Waals surface area contributed by atoms with Crippen LogP contribution < -0.4 is 16.4 Å². The number of aromatic amines is 2. The van der Waals surface area contributed by atoms with Gasteiger partial charge in [0.05, 0.1) is 22.1 Å². The summed E-state index contributed by atoms with van der Waals surface area (Å²) in [4.78, 5) is 49.2. The van der Waals surface area contributed by atoms with Crippen molar-refractivity contribution in [3.63, 3.8) is 0 Å². The molecule has 5 aromatic rings. The van der Waals surface area contributed by atoms with Gasteiger partial charge in [-0.15, -0.1) is 0 Å². The monoisotopic (exact) mass is 662 g/mol. The van der Waals surface area contributed by atoms with E-state index >= 15 is 0 Å². The molecule has 2 aliphatic rings. The van der Waals surface area contributed by atoms with Crippen molar-refractivity contribution in [1.29, 1.82) is 0 Å². The second-order valence-electron chi connectivity index (χ2n) is 13.1. The molecule has 2 saturated heterocycles. The Kier molecular flexibility index (Phi) is 10.3. The van der Waals surface area contributed by atoms with E-state index in [2.05, 4.69) is 35.3 Å². The molecule has 0 bridgehead atoms. The lowest BCUT2D eigenvalue weighted by Crippen LogP contribution is -2.49. The molecule has 0 radical (unpaired) electrons. The first-order chi connectivity index (χ1) is 24.0. The van der Waals surface area contributed by atoms with Crippen molar-refractivity contribution in [1.82, 2.24) is 45.3 Å². The highest BCUT2D eigenvalue weighted by Crippen LogP contribution is 2.26. The Morgan fingerprint density at radius 2 is 1.06 bits per heavy atom. The average molecular weight is 663 g/mol. The van der Waals surface area contributed by atoms with Crippen LogP contribution in [0.15, 0.2) is 60.7 Å². The predicted octanol–water partition coefficient (Wildman–Crippen LogP) is 3.30. The first-order valence-electron chi connectivity index (χ1n) is 17.6. The maximum Gasteiger partial charge on any atom is 0.251 e. The molecule has 3 aromatic carbocycles. The minimum Gasteiger partial charge on any atom is -0.351 e. The Labute approximate surface area is 286 Å². The molecule has 0 aliphatic carbocycles. The summed E-state index contributed by atoms with van der Waals surface area (Å²) < 4.78 is 0. The van der Waals surface area contributed by atoms with Crippen LogP contribution in [0.25, 0.3) is 44.8 Å². The zero-order valence-corrected chi connectivity index (χ0v) is 28.0. The van der Waals surface area contributed by atoms with Crippen LogP contribution in [0.5, 0.6) is 0 Å². The van der Waals surface area contributed by atoms with Crippen LogP contribution in [0.4, 0.5) is 0 Å². The van der Waals surface area contributed by atoms with E-state index in [1.807, 2.05) is 60.7 Å². The van der Waals surface area contributed by atoms with E-state index in [1.54, 1.807) is 0 Å². The standard InChI is InChI=1S/C37H46N10O2/c38-12-17-46-20-22-47(23-21-46)19-14-40-37(49)29-9-11-31-33(25-29)44-35(42-31)27-6-4-26(5-7-27)34-41-30-10-8-28(24-32(30)43-34)36(48)39-13-18-45-15-2-1-3-16-45/h4-11,24-25H,1-3,12-23,38H2,(H,39,48)(H,40,49)(H,41,43)(H,42,44). The third kappa shape index (κ3) is 8.00. The molecule has 0 atom stereocenters. The molecule has 256 valence electrons. The van der Waals surface area contributed by atoms with Crippen LogP contribution in [0, 0.1) is 0 Å². The molecule has 0 unspecified atom stereocenters. The number of nitrogens with zero attached hydrogens (tertiary/aromatic N) is 5. The lowest BCUT2D eigenvalue weighted by molar-refractivity contribution is 0.0932. The van der Waals surface area contributed by atoms with E-state index in [-0.39, 0.29) is 11.8 Å². The zero-order chi connectivity index (χ0) is 33.6. The van der Waals surface area contributed by atoms with E-state index in [1.165, 1.54) is 19.3 Å². The van der Waals surface area contributed by atoms with Crippen molar-refractivity contribution in [2.45, 2.75) is 19.3 Å². The fraction of sp³-hybridized carbons (Fsp3) is 0.405. The van der Waals surface area contributed by atoms with Gasteiger partial charge in [0.25, 0.3) is 11.8 Å². The number of H-pyrrole nitrogens is 2. The van der Waals surface area contributed by atoms with E-state index in [9.17, 15) is 9.59 Å². The van der Waals surface area contributed by atoms with Crippen LogP contribution >= 0.6 is 0 Å². The first-order valence-corrected chi connectivity index (χ1v) is 17.6. The topological polar surface area (TPSA) is 151 Å². The number of benzene rings is 3. The van der Waals surface area contributed by atoms with E-state index < -0.39 is 0 Å². The Hall–Kier alpha value is -4.62. The second kappa shape index (κ2) is 15.3. The first kappa shape index (κ1) is 32.9. The molecule has 4 heterocycles. The number of rotatable bonds is 12. The molecule has 0 saturated carbocycles. The molecule has 12 nitrogen and oxygen atoms in total. The van der Waals surface area contributed by atoms with Crippen molar-refractivity contribution in [2.24, 2.45) is 5.73 Å². The van der Waals surface area contributed by atoms with Crippen LogP contribution in [0.3, 0.4) is 0 Å². The number of piperazine rings is 1. The summed E-state index contributed by atoms with van der Waals surface area (Å²) in [5.74, 6) is 1.31. The SMILES string of the molecule is NCCN1CCN(CCNC(=O)c2ccc3nc(-c4ccc(-c5nc6ccc(C(=O)NCCN7CCCCC7)cc6[nH]5)cc4)[nH]c3c2)CC1. The minimum atomic E-state index is -0.0874. The number of nitrogens with two attached hydrogens (primary N) is 1. The summed E-state index contributed by atoms with van der Waals surface area (Å²) >= 11 is 0. The number of hydrogen-bond donors (Lipinski definition) is 5. The Bertz CT molecular complexity index is 1880. The largest absolute Gasteiger partial charge is 0.351 e. The number of hydrogen-bond acceptors (Lipinski definition) is 8. The van der Waals surface area contributed by atoms with Gasteiger partial charge in [0.1, 0.15) is 11.6 Å². The maximum atomic E-state index is 12.9. The molecule has 7 rings (SSSR count). The Balaban J connectivity index is 0.945. The number of amides is 2. The molecule has 2 aromatic heterocycles. The van der Waals surface area contributed by atoms with Crippen LogP contribution in [-0.4, -0.2) is 125 Å². The number of nitrogens with one attached hydrogen (secondary N) is 4. The Morgan fingerprint density at radius 3 is 1.53 bits per heavy atom. The third-order valence-corrected chi connectivity index (χ3v) is 9.71. The number of fused-ring (bicyclic) bond motifs is 2. The zero-order valence-electron chi connectivity index (χ0n) is 28.0. The van der Waals surface area contributed by atoms with Crippen molar-refractivity contribution in [3.05, 3.63) is 71.8 Å². The number of likely N-dealkylation sites (tertiary alicyclic amines) is 1. The third-order valence-electron chi connectivity index (χ3n) is 9.71. The summed E-state index contributed by atoms with van der Waals surface area (Å²) in [5.41, 5.74) is 12.0. The van der Waals surface area contributed by atoms with Gasteiger partial charge >= 0.3 is 0 Å². The molecule has 0 spiro atoms. The number of carbonyl (C=O) groups excluding carboxylic acids is 2. The maximum absolute atomic E-state index is 12.9. The smallest absolute Gasteiger partial charge is 0.251 e. The molecule has 6 N–H and O–H groups in total. The number of carbonyl (C=O) groups is 2. The molecule has 49 heavy (non-hydrogen) atoms. The lowest BCUT2D eigenvalue weighted by atomic mass is 10.1. The number of piperidine rings is 1. The predicted molar refractivity (Wildman–Crippen MR) is 194 cm³/mol. The summed E-state index contributed by atoms with van der Waals surface area (Å²) in [5, 5.41) is 6.13. The fourth-order valence-electron chi connectivity index (χ4n) is 6.82. The van der Waals surface area contributed by atoms with Gasteiger partial charge in [-0.25, -0.2) is 9.97 Å². The quantitative estimate of drug-likeness (QED) is 0.137. The highest BCUT2D eigenvalue weighted by atomic mass is 16.2. The van der Waals surface area contributed by atoms with Crippen LogP contribution in [0.1, 0.15) is 40.0 Å². The van der Waals surface area contributed by atoms with Gasteiger partial charge in [-0.3, -0.25) is 19.4 Å². The van der Waals surface area contributed by atoms with Crippen LogP contribution in [0.2, 0.25) is 0 Å². The second-order valence-corrected chi connectivity index (χ2v) is 13.1. The van der Waals surface area contributed by atoms with E-state index in [4.69, 9.17) is 15.7 Å². The van der Waals surface area contributed by atoms with Crippen LogP contribution in [-0.2, 0) is 0 Å². The average Bonchev–Trinajstić information content (AvgIpc) is 3.77. The lowest BCUT2D eigenvalue weighted by Gasteiger charge is -2.34. The van der Waals surface area contributed by atoms with E-state index in [0.29, 0.717) is 30.8 Å². The number of imidazole rings is 2. The summed E-state index contributed by atoms with van der Waals surface area (Å²) in [6, 6.07) is 19.2. The number of aromatic nitrogens is 4. The Morgan fingerprint density at radius 1 is 0.612 bits per heavy atom. The molecule has 2 aliphatic heterocycles. The minimum absolute atomic E-state index is 0.0679. The van der Waals surface area contributed by atoms with Crippen molar-refractivity contribution < 1.29 is 9.59 Å². The van der Waals surface area contributed by atoms with Gasteiger partial charge in [0.15, 0.2) is 0 Å². The van der Waals surface area contributed by atoms with Gasteiger partial charge in [0.2, 0.25) is 0 Å². The highest BCUT2D eigenvalue weighted by Gasteiger charge is 2.17. The van der Waals surface area contributed by atoms with Crippen molar-refractivity contribution in [3.8, 4) is 22.8 Å². The van der Waals surface area contributed by atoms with Gasteiger partial charge in [-0.2, -0.15) is 0 Å². The summed E-state index contributed by atoms with van der Waals surface area (Å²) in [6.45, 7) is 10.9. The van der Waals surface area contributed by atoms with Gasteiger partial charge in [0, 0.05) is 87.7 Å². The molecule has 12 heteroatoms. The van der Waals surface area contributed by atoms with Gasteiger partial charge < -0.3 is 31.2 Å². The molecular weight excluding hydrogens is 616 g/mol. The summed E-state index contributed by atoms with van der Waals surface area (Å²) in [7, 11) is 0. The van der Waals surface area contributed by atoms with Gasteiger partial charge in [-0.05, 0) is 62.3 Å². The van der Waals surface area contributed by atoms with Gasteiger partial charge in [-0.1, -0.05) is 30.7 Å². The van der Waals surface area contributed by atoms with Crippen molar-refractivity contribution >= 4 is 33.9 Å². The molecular formula is C37H46N10O2. The molecule has 2 amide bonds. The normalized spacial score (nSPS) is 16.3. The molecule has 2 fully saturated rings. The summed E-state index contributed by atoms with van der Waals surface area (Å²) in [6.07, 6.45) is 3.79. The fourth-order valence-corrected chi connectivity index (χ4v) is 6.82. The highest BCUT2D eigenvalue weighted by molar-refractivity contribution is 5.98. The van der Waals surface area contributed by atoms with Crippen molar-refractivity contribution in [2.75, 3.05) is 78.5 Å². The van der Waals surface area contributed by atoms with E-state index in [0.717, 1.165) is 104 Å².